The number of halogens is 2. The van der Waals surface area contributed by atoms with Gasteiger partial charge < -0.3 is 5.32 Å². The van der Waals surface area contributed by atoms with E-state index in [1.807, 2.05) is 31.2 Å². The predicted molar refractivity (Wildman–Crippen MR) is 90.5 cm³/mol. The number of nitrogens with one attached hydrogen (secondary N) is 2. The summed E-state index contributed by atoms with van der Waals surface area (Å²) in [5, 5.41) is 10.3. The third-order valence-corrected chi connectivity index (χ3v) is 3.99. The molecule has 3 aromatic rings. The van der Waals surface area contributed by atoms with Crippen LogP contribution in [0.5, 0.6) is 0 Å². The fraction of sp³-hybridized carbons (Fsp3) is 0.211. The van der Waals surface area contributed by atoms with Gasteiger partial charge in [-0.15, -0.1) is 0 Å². The van der Waals surface area contributed by atoms with Gasteiger partial charge in [0.1, 0.15) is 11.6 Å². The average Bonchev–Trinajstić information content (AvgIpc) is 3.03. The molecule has 1 aromatic heterocycles. The van der Waals surface area contributed by atoms with Gasteiger partial charge in [-0.2, -0.15) is 5.10 Å². The van der Waals surface area contributed by atoms with Crippen LogP contribution in [0, 0.1) is 18.6 Å². The van der Waals surface area contributed by atoms with Crippen LogP contribution in [0.3, 0.4) is 0 Å². The smallest absolute Gasteiger partial charge is 0.129 e. The minimum absolute atomic E-state index is 0.121. The molecule has 0 saturated carbocycles. The molecule has 0 amide bonds. The van der Waals surface area contributed by atoms with Gasteiger partial charge in [0.05, 0.1) is 11.9 Å². The number of rotatable bonds is 6. The Hall–Kier alpha value is -2.53. The topological polar surface area (TPSA) is 40.7 Å². The van der Waals surface area contributed by atoms with E-state index >= 15 is 0 Å². The second kappa shape index (κ2) is 7.36. The Morgan fingerprint density at radius 3 is 2.46 bits per heavy atom. The SMILES string of the molecule is Cc1ccc(-c2[nH]ncc2CNCCc2c(F)cccc2F)cc1. The molecule has 3 nitrogen and oxygen atoms in total. The maximum absolute atomic E-state index is 13.6. The van der Waals surface area contributed by atoms with Gasteiger partial charge >= 0.3 is 0 Å². The lowest BCUT2D eigenvalue weighted by Crippen LogP contribution is -2.18. The molecule has 2 N–H and O–H groups in total. The normalized spacial score (nSPS) is 11.0. The summed E-state index contributed by atoms with van der Waals surface area (Å²) in [7, 11) is 0. The number of aromatic nitrogens is 2. The van der Waals surface area contributed by atoms with Crippen LogP contribution in [0.4, 0.5) is 8.78 Å². The molecule has 0 aliphatic heterocycles. The van der Waals surface area contributed by atoms with Crippen LogP contribution in [-0.4, -0.2) is 16.7 Å². The standard InChI is InChI=1S/C19H19F2N3/c1-13-5-7-14(8-6-13)19-15(12-23-24-19)11-22-10-9-16-17(20)3-2-4-18(16)21/h2-8,12,22H,9-11H2,1H3,(H,23,24). The molecule has 0 spiro atoms. The van der Waals surface area contributed by atoms with Crippen LogP contribution in [0.25, 0.3) is 11.3 Å². The van der Waals surface area contributed by atoms with E-state index in [1.54, 1.807) is 6.20 Å². The van der Waals surface area contributed by atoms with Gasteiger partial charge in [0.2, 0.25) is 0 Å². The number of aromatic amines is 1. The zero-order valence-corrected chi connectivity index (χ0v) is 13.4. The lowest BCUT2D eigenvalue weighted by molar-refractivity contribution is 0.546. The van der Waals surface area contributed by atoms with Crippen molar-refractivity contribution in [2.45, 2.75) is 19.9 Å². The molecular formula is C19H19F2N3. The van der Waals surface area contributed by atoms with Gasteiger partial charge in [0.25, 0.3) is 0 Å². The number of H-pyrrole nitrogens is 1. The molecule has 0 bridgehead atoms. The fourth-order valence-corrected chi connectivity index (χ4v) is 2.62. The van der Waals surface area contributed by atoms with Crippen molar-refractivity contribution in [3.8, 4) is 11.3 Å². The molecule has 0 unspecified atom stereocenters. The van der Waals surface area contributed by atoms with E-state index in [9.17, 15) is 8.78 Å². The molecule has 0 atom stereocenters. The Morgan fingerprint density at radius 2 is 1.75 bits per heavy atom. The van der Waals surface area contributed by atoms with Gasteiger partial charge in [-0.3, -0.25) is 5.10 Å². The molecule has 124 valence electrons. The van der Waals surface area contributed by atoms with Gasteiger partial charge in [0, 0.05) is 17.7 Å². The molecule has 3 rings (SSSR count). The Labute approximate surface area is 139 Å². The van der Waals surface area contributed by atoms with Crippen molar-refractivity contribution >= 4 is 0 Å². The summed E-state index contributed by atoms with van der Waals surface area (Å²) in [6.45, 7) is 3.10. The highest BCUT2D eigenvalue weighted by Crippen LogP contribution is 2.21. The number of nitrogens with zero attached hydrogens (tertiary/aromatic N) is 1. The van der Waals surface area contributed by atoms with Crippen molar-refractivity contribution in [1.82, 2.24) is 15.5 Å². The molecule has 0 aliphatic carbocycles. The van der Waals surface area contributed by atoms with Gasteiger partial charge in [-0.1, -0.05) is 35.9 Å². The van der Waals surface area contributed by atoms with Crippen LogP contribution in [0.1, 0.15) is 16.7 Å². The lowest BCUT2D eigenvalue weighted by Gasteiger charge is -2.08. The van der Waals surface area contributed by atoms with Crippen LogP contribution in [0.15, 0.2) is 48.7 Å². The van der Waals surface area contributed by atoms with Gasteiger partial charge in [-0.25, -0.2) is 8.78 Å². The summed E-state index contributed by atoms with van der Waals surface area (Å²) in [6, 6.07) is 12.1. The minimum atomic E-state index is -0.500. The first kappa shape index (κ1) is 16.3. The van der Waals surface area contributed by atoms with E-state index in [0.717, 1.165) is 16.8 Å². The first-order valence-corrected chi connectivity index (χ1v) is 7.88. The van der Waals surface area contributed by atoms with E-state index < -0.39 is 11.6 Å². The number of hydrogen-bond donors (Lipinski definition) is 2. The molecule has 2 aromatic carbocycles. The van der Waals surface area contributed by atoms with Crippen molar-refractivity contribution in [3.63, 3.8) is 0 Å². The zero-order chi connectivity index (χ0) is 16.9. The number of benzene rings is 2. The van der Waals surface area contributed by atoms with Crippen molar-refractivity contribution < 1.29 is 8.78 Å². The molecule has 0 radical (unpaired) electrons. The Kier molecular flexibility index (Phi) is 5.01. The number of hydrogen-bond acceptors (Lipinski definition) is 2. The van der Waals surface area contributed by atoms with Gasteiger partial charge in [-0.05, 0) is 37.6 Å². The molecule has 5 heteroatoms. The molecular weight excluding hydrogens is 308 g/mol. The summed E-state index contributed by atoms with van der Waals surface area (Å²) < 4.78 is 27.2. The molecule has 0 fully saturated rings. The lowest BCUT2D eigenvalue weighted by atomic mass is 10.1. The maximum Gasteiger partial charge on any atom is 0.129 e. The highest BCUT2D eigenvalue weighted by atomic mass is 19.1. The Morgan fingerprint density at radius 1 is 1.04 bits per heavy atom. The highest BCUT2D eigenvalue weighted by molar-refractivity contribution is 5.62. The van der Waals surface area contributed by atoms with Crippen LogP contribution < -0.4 is 5.32 Å². The third kappa shape index (κ3) is 3.68. The molecule has 24 heavy (non-hydrogen) atoms. The first-order chi connectivity index (χ1) is 11.6. The quantitative estimate of drug-likeness (QED) is 0.672. The summed E-state index contributed by atoms with van der Waals surface area (Å²) in [4.78, 5) is 0. The van der Waals surface area contributed by atoms with E-state index in [2.05, 4.69) is 15.5 Å². The third-order valence-electron chi connectivity index (χ3n) is 3.99. The predicted octanol–water partition coefficient (Wildman–Crippen LogP) is 4.00. The second-order valence-electron chi connectivity index (χ2n) is 5.76. The largest absolute Gasteiger partial charge is 0.312 e. The summed E-state index contributed by atoms with van der Waals surface area (Å²) in [5.41, 5.74) is 4.36. The molecule has 0 aliphatic rings. The maximum atomic E-state index is 13.6. The fourth-order valence-electron chi connectivity index (χ4n) is 2.62. The van der Waals surface area contributed by atoms with Crippen molar-refractivity contribution in [1.29, 1.82) is 0 Å². The highest BCUT2D eigenvalue weighted by Gasteiger charge is 2.09. The molecule has 1 heterocycles. The monoisotopic (exact) mass is 327 g/mol. The van der Waals surface area contributed by atoms with E-state index in [-0.39, 0.29) is 5.56 Å². The average molecular weight is 327 g/mol. The van der Waals surface area contributed by atoms with E-state index in [0.29, 0.717) is 19.5 Å². The number of aryl methyl sites for hydroxylation is 1. The van der Waals surface area contributed by atoms with E-state index in [4.69, 9.17) is 0 Å². The van der Waals surface area contributed by atoms with E-state index in [1.165, 1.54) is 23.8 Å². The van der Waals surface area contributed by atoms with Crippen LogP contribution in [-0.2, 0) is 13.0 Å². The summed E-state index contributed by atoms with van der Waals surface area (Å²) in [5.74, 6) is -0.999. The van der Waals surface area contributed by atoms with Crippen LogP contribution >= 0.6 is 0 Å². The van der Waals surface area contributed by atoms with Crippen molar-refractivity contribution in [3.05, 3.63) is 77.0 Å². The Bertz CT molecular complexity index is 789. The summed E-state index contributed by atoms with van der Waals surface area (Å²) in [6.07, 6.45) is 2.07. The summed E-state index contributed by atoms with van der Waals surface area (Å²) >= 11 is 0. The van der Waals surface area contributed by atoms with Crippen LogP contribution in [0.2, 0.25) is 0 Å². The minimum Gasteiger partial charge on any atom is -0.312 e. The van der Waals surface area contributed by atoms with Gasteiger partial charge in [0.15, 0.2) is 0 Å². The Balaban J connectivity index is 1.60. The molecule has 0 saturated heterocycles. The second-order valence-corrected chi connectivity index (χ2v) is 5.76. The van der Waals surface area contributed by atoms with Crippen molar-refractivity contribution in [2.24, 2.45) is 0 Å². The van der Waals surface area contributed by atoms with Crippen molar-refractivity contribution in [2.75, 3.05) is 6.54 Å². The zero-order valence-electron chi connectivity index (χ0n) is 13.4. The first-order valence-electron chi connectivity index (χ1n) is 7.88.